The molecule has 1 aliphatic rings. The van der Waals surface area contributed by atoms with Crippen molar-refractivity contribution >= 4 is 34.5 Å². The predicted molar refractivity (Wildman–Crippen MR) is 97.7 cm³/mol. The fourth-order valence-corrected chi connectivity index (χ4v) is 3.99. The van der Waals surface area contributed by atoms with E-state index >= 15 is 0 Å². The number of halogens is 3. The highest BCUT2D eigenvalue weighted by Gasteiger charge is 2.65. The molecule has 144 valence electrons. The van der Waals surface area contributed by atoms with E-state index < -0.39 is 34.8 Å². The van der Waals surface area contributed by atoms with Gasteiger partial charge < -0.3 is 20.5 Å². The van der Waals surface area contributed by atoms with Gasteiger partial charge in [0, 0.05) is 0 Å². The molecule has 0 saturated carbocycles. The molecule has 2 heterocycles. The van der Waals surface area contributed by atoms with Crippen LogP contribution in [0.15, 0.2) is 41.8 Å². The van der Waals surface area contributed by atoms with E-state index in [2.05, 4.69) is 5.32 Å². The highest BCUT2D eigenvalue weighted by atomic mass is 32.1. The van der Waals surface area contributed by atoms with Crippen LogP contribution in [0.25, 0.3) is 0 Å². The Labute approximate surface area is 162 Å². The molecule has 27 heavy (non-hydrogen) atoms. The lowest BCUT2D eigenvalue weighted by Crippen LogP contribution is -2.72. The fraction of sp³-hybridized carbons (Fsp3) is 0.294. The molecular formula is C17H15F3N2O3S2. The second-order valence-corrected chi connectivity index (χ2v) is 7.29. The van der Waals surface area contributed by atoms with Crippen molar-refractivity contribution in [3.8, 4) is 5.75 Å². The number of carbonyl (C=O) groups is 1. The van der Waals surface area contributed by atoms with Gasteiger partial charge in [-0.3, -0.25) is 4.79 Å². The summed E-state index contributed by atoms with van der Waals surface area (Å²) in [5, 5.41) is 16.3. The van der Waals surface area contributed by atoms with Crippen molar-refractivity contribution in [1.29, 1.82) is 0 Å². The molecule has 3 rings (SSSR count). The van der Waals surface area contributed by atoms with Crippen LogP contribution in [0.2, 0.25) is 0 Å². The molecule has 1 fully saturated rings. The number of methoxy groups -OCH3 is 1. The van der Waals surface area contributed by atoms with Gasteiger partial charge in [0.2, 0.25) is 5.72 Å². The molecule has 10 heteroatoms. The van der Waals surface area contributed by atoms with Gasteiger partial charge in [0.25, 0.3) is 0 Å². The van der Waals surface area contributed by atoms with Crippen LogP contribution in [0.5, 0.6) is 5.75 Å². The minimum atomic E-state index is -5.14. The van der Waals surface area contributed by atoms with Crippen LogP contribution in [0.4, 0.5) is 13.2 Å². The van der Waals surface area contributed by atoms with Crippen molar-refractivity contribution < 1.29 is 27.8 Å². The number of alkyl halides is 3. The first kappa shape index (κ1) is 19.6. The summed E-state index contributed by atoms with van der Waals surface area (Å²) >= 11 is 5.88. The van der Waals surface area contributed by atoms with Gasteiger partial charge in [-0.15, -0.1) is 11.3 Å². The number of aliphatic hydroxyl groups is 1. The maximum Gasteiger partial charge on any atom is 0.437 e. The average Bonchev–Trinajstić information content (AvgIpc) is 3.14. The first-order valence-electron chi connectivity index (χ1n) is 7.77. The maximum atomic E-state index is 13.8. The summed E-state index contributed by atoms with van der Waals surface area (Å²) in [7, 11) is 1.46. The van der Waals surface area contributed by atoms with Gasteiger partial charge in [-0.2, -0.15) is 13.2 Å². The van der Waals surface area contributed by atoms with Gasteiger partial charge in [0.05, 0.1) is 18.0 Å². The van der Waals surface area contributed by atoms with E-state index in [1.54, 1.807) is 23.6 Å². The van der Waals surface area contributed by atoms with Gasteiger partial charge in [0.15, 0.2) is 10.9 Å². The molecule has 1 aliphatic heterocycles. The summed E-state index contributed by atoms with van der Waals surface area (Å²) in [4.78, 5) is 13.0. The number of nitrogens with one attached hydrogen (secondary N) is 2. The largest absolute Gasteiger partial charge is 0.497 e. The Morgan fingerprint density at radius 1 is 1.30 bits per heavy atom. The summed E-state index contributed by atoms with van der Waals surface area (Å²) in [6.45, 7) is 0. The molecule has 0 aliphatic carbocycles. The lowest BCUT2D eigenvalue weighted by molar-refractivity contribution is -0.285. The van der Waals surface area contributed by atoms with Crippen molar-refractivity contribution in [2.45, 2.75) is 17.9 Å². The average molecular weight is 416 g/mol. The van der Waals surface area contributed by atoms with Crippen LogP contribution >= 0.6 is 23.6 Å². The quantitative estimate of drug-likeness (QED) is 0.526. The van der Waals surface area contributed by atoms with Crippen LogP contribution in [-0.4, -0.2) is 35.0 Å². The maximum absolute atomic E-state index is 13.8. The fourth-order valence-electron chi connectivity index (χ4n) is 3.00. The van der Waals surface area contributed by atoms with Gasteiger partial charge in [-0.1, -0.05) is 18.2 Å². The molecule has 0 radical (unpaired) electrons. The number of thiophene rings is 1. The number of hydrogen-bond acceptors (Lipinski definition) is 5. The van der Waals surface area contributed by atoms with E-state index in [0.29, 0.717) is 11.3 Å². The van der Waals surface area contributed by atoms with E-state index in [4.69, 9.17) is 17.0 Å². The smallest absolute Gasteiger partial charge is 0.437 e. The standard InChI is InChI=1S/C17H15F3N2O3S2/c1-25-10-6-4-9(5-7-10)13-12(14(23)11-3-2-8-27-11)16(24,17(18,19)20)22-15(26)21-13/h2-8,12-13,24H,1H3,(H2,21,22,26)/t12-,13+,16+/m1/s1. The van der Waals surface area contributed by atoms with Crippen LogP contribution in [-0.2, 0) is 0 Å². The molecule has 0 spiro atoms. The number of rotatable bonds is 4. The Hall–Kier alpha value is -2.17. The Morgan fingerprint density at radius 2 is 1.96 bits per heavy atom. The summed E-state index contributed by atoms with van der Waals surface area (Å²) < 4.78 is 46.4. The highest BCUT2D eigenvalue weighted by Crippen LogP contribution is 2.44. The Kier molecular flexibility index (Phi) is 5.15. The zero-order chi connectivity index (χ0) is 19.8. The third-order valence-electron chi connectivity index (χ3n) is 4.33. The van der Waals surface area contributed by atoms with Gasteiger partial charge in [0.1, 0.15) is 11.7 Å². The highest BCUT2D eigenvalue weighted by molar-refractivity contribution is 7.80. The van der Waals surface area contributed by atoms with Crippen molar-refractivity contribution in [2.75, 3.05) is 7.11 Å². The summed E-state index contributed by atoms with van der Waals surface area (Å²) in [5.74, 6) is -2.23. The SMILES string of the molecule is COc1ccc([C@@H]2NC(=S)N[C@@](O)(C(F)(F)F)[C@H]2C(=O)c2cccs2)cc1. The van der Waals surface area contributed by atoms with Gasteiger partial charge in [-0.25, -0.2) is 0 Å². The number of carbonyl (C=O) groups excluding carboxylic acids is 1. The number of Topliss-reactive ketones (excluding diaryl/α,β-unsaturated/α-hetero) is 1. The molecular weight excluding hydrogens is 401 g/mol. The molecule has 0 bridgehead atoms. The first-order chi connectivity index (χ1) is 12.7. The van der Waals surface area contributed by atoms with Crippen LogP contribution in [0.1, 0.15) is 21.3 Å². The van der Waals surface area contributed by atoms with Crippen molar-refractivity contribution in [1.82, 2.24) is 10.6 Å². The Bertz CT molecular complexity index is 840. The van der Waals surface area contributed by atoms with E-state index in [9.17, 15) is 23.1 Å². The van der Waals surface area contributed by atoms with Gasteiger partial charge >= 0.3 is 6.18 Å². The van der Waals surface area contributed by atoms with Crippen molar-refractivity contribution in [3.63, 3.8) is 0 Å². The lowest BCUT2D eigenvalue weighted by Gasteiger charge is -2.46. The topological polar surface area (TPSA) is 70.6 Å². The second kappa shape index (κ2) is 7.10. The minimum absolute atomic E-state index is 0.109. The van der Waals surface area contributed by atoms with Crippen molar-refractivity contribution in [2.24, 2.45) is 5.92 Å². The van der Waals surface area contributed by atoms with Crippen LogP contribution < -0.4 is 15.4 Å². The van der Waals surface area contributed by atoms with E-state index in [0.717, 1.165) is 11.3 Å². The number of thiocarbonyl (C=S) groups is 1. The minimum Gasteiger partial charge on any atom is -0.497 e. The number of benzene rings is 1. The molecule has 1 aromatic carbocycles. The van der Waals surface area contributed by atoms with Gasteiger partial charge in [-0.05, 0) is 41.4 Å². The molecule has 1 saturated heterocycles. The molecule has 1 aromatic heterocycles. The first-order valence-corrected chi connectivity index (χ1v) is 9.05. The Balaban J connectivity index is 2.12. The van der Waals surface area contributed by atoms with Crippen molar-refractivity contribution in [3.05, 3.63) is 52.2 Å². The summed E-state index contributed by atoms with van der Waals surface area (Å²) in [6, 6.07) is 7.95. The van der Waals surface area contributed by atoms with Crippen LogP contribution in [0, 0.1) is 5.92 Å². The molecule has 2 aromatic rings. The molecule has 3 N–H and O–H groups in total. The monoisotopic (exact) mass is 416 g/mol. The number of hydrogen-bond donors (Lipinski definition) is 3. The lowest BCUT2D eigenvalue weighted by atomic mass is 9.79. The zero-order valence-electron chi connectivity index (χ0n) is 13.9. The third kappa shape index (κ3) is 3.52. The molecule has 0 unspecified atom stereocenters. The summed E-state index contributed by atoms with van der Waals surface area (Å²) in [5.41, 5.74) is -3.15. The Morgan fingerprint density at radius 3 is 2.48 bits per heavy atom. The predicted octanol–water partition coefficient (Wildman–Crippen LogP) is 3.03. The van der Waals surface area contributed by atoms with E-state index in [1.165, 1.54) is 25.3 Å². The molecule has 5 nitrogen and oxygen atoms in total. The van der Waals surface area contributed by atoms with E-state index in [1.807, 2.05) is 5.32 Å². The normalized spacial score (nSPS) is 25.4. The second-order valence-electron chi connectivity index (χ2n) is 5.93. The molecule has 0 amide bonds. The number of ether oxygens (including phenoxy) is 1. The third-order valence-corrected chi connectivity index (χ3v) is 5.43. The summed E-state index contributed by atoms with van der Waals surface area (Å²) in [6.07, 6.45) is -5.14. The van der Waals surface area contributed by atoms with Crippen LogP contribution in [0.3, 0.4) is 0 Å². The molecule has 3 atom stereocenters. The number of ketones is 1. The zero-order valence-corrected chi connectivity index (χ0v) is 15.5. The van der Waals surface area contributed by atoms with E-state index in [-0.39, 0.29) is 4.88 Å².